The number of aliphatic carboxylic acids is 1. The van der Waals surface area contributed by atoms with Crippen LogP contribution >= 0.6 is 0 Å². The van der Waals surface area contributed by atoms with Crippen molar-refractivity contribution in [2.45, 2.75) is 263 Å². The van der Waals surface area contributed by atoms with Crippen LogP contribution in [0.25, 0.3) is 0 Å². The quantitative estimate of drug-likeness (QED) is 0.0228. The molecule has 1 heterocycles. The number of carboxylic acids is 1. The van der Waals surface area contributed by atoms with Gasteiger partial charge in [0.2, 0.25) is 0 Å². The maximum atomic E-state index is 13.2. The van der Waals surface area contributed by atoms with E-state index in [1.54, 1.807) is 0 Å². The molecule has 6 atom stereocenters. The van der Waals surface area contributed by atoms with Gasteiger partial charge in [-0.2, -0.15) is 0 Å². The van der Waals surface area contributed by atoms with E-state index in [0.29, 0.717) is 19.3 Å². The van der Waals surface area contributed by atoms with Crippen molar-refractivity contribution in [3.05, 3.63) is 134 Å². The lowest BCUT2D eigenvalue weighted by molar-refractivity contribution is -0.301. The summed E-state index contributed by atoms with van der Waals surface area (Å²) >= 11 is 0. The molecule has 0 bridgehead atoms. The molecule has 0 spiro atoms. The average Bonchev–Trinajstić information content (AvgIpc) is 3.54. The van der Waals surface area contributed by atoms with Gasteiger partial charge in [0.1, 0.15) is 18.8 Å². The van der Waals surface area contributed by atoms with Crippen LogP contribution in [0.5, 0.6) is 0 Å². The Labute approximate surface area is 490 Å². The van der Waals surface area contributed by atoms with Crippen LogP contribution in [0.3, 0.4) is 0 Å². The van der Waals surface area contributed by atoms with Crippen molar-refractivity contribution in [1.29, 1.82) is 0 Å². The molecule has 0 amide bonds. The van der Waals surface area contributed by atoms with Gasteiger partial charge in [-0.1, -0.05) is 212 Å². The van der Waals surface area contributed by atoms with E-state index < -0.39 is 67.3 Å². The predicted octanol–water partition coefficient (Wildman–Crippen LogP) is 16.6. The summed E-state index contributed by atoms with van der Waals surface area (Å²) in [6, 6.07) is 0. The normalized spacial score (nSPS) is 18.7. The summed E-state index contributed by atoms with van der Waals surface area (Å²) in [6.45, 7) is 5.61. The van der Waals surface area contributed by atoms with Gasteiger partial charge in [-0.15, -0.1) is 0 Å². The Morgan fingerprint density at radius 3 is 1.15 bits per heavy atom. The fraction of sp³-hybridized carbons (Fsp3) is 0.623. The molecule has 1 aliphatic rings. The lowest BCUT2D eigenvalue weighted by atomic mass is 9.98. The smallest absolute Gasteiger partial charge is 0.335 e. The predicted molar refractivity (Wildman–Crippen MR) is 330 cm³/mol. The van der Waals surface area contributed by atoms with Crippen molar-refractivity contribution >= 4 is 23.9 Å². The minimum Gasteiger partial charge on any atom is -0.479 e. The third kappa shape index (κ3) is 45.1. The highest BCUT2D eigenvalue weighted by Gasteiger charge is 2.50. The van der Waals surface area contributed by atoms with Crippen LogP contribution in [0.1, 0.15) is 226 Å². The van der Waals surface area contributed by atoms with Crippen LogP contribution in [0.15, 0.2) is 134 Å². The van der Waals surface area contributed by atoms with E-state index in [1.807, 2.05) is 0 Å². The Morgan fingerprint density at radius 1 is 0.407 bits per heavy atom. The monoisotopic (exact) mass is 1130 g/mol. The summed E-state index contributed by atoms with van der Waals surface area (Å²) in [7, 11) is 0. The molecule has 0 aliphatic carbocycles. The summed E-state index contributed by atoms with van der Waals surface area (Å²) in [5, 5.41) is 31.6. The van der Waals surface area contributed by atoms with E-state index in [2.05, 4.69) is 154 Å². The number of unbranched alkanes of at least 4 members (excludes halogenated alkanes) is 15. The van der Waals surface area contributed by atoms with E-state index in [9.17, 15) is 34.5 Å². The number of hydrogen-bond acceptors (Lipinski definition) is 11. The van der Waals surface area contributed by atoms with Crippen molar-refractivity contribution < 1.29 is 58.2 Å². The number of esters is 3. The Kier molecular flexibility index (Phi) is 50.5. The number of ether oxygens (including phenoxy) is 5. The zero-order chi connectivity index (χ0) is 58.9. The largest absolute Gasteiger partial charge is 0.479 e. The highest BCUT2D eigenvalue weighted by molar-refractivity contribution is 5.74. The maximum Gasteiger partial charge on any atom is 0.335 e. The first-order valence-electron chi connectivity index (χ1n) is 31.2. The Morgan fingerprint density at radius 2 is 0.741 bits per heavy atom. The van der Waals surface area contributed by atoms with Crippen molar-refractivity contribution in [2.24, 2.45) is 0 Å². The zero-order valence-electron chi connectivity index (χ0n) is 50.2. The standard InChI is InChI=1S/C69H108O12/c1-4-7-10-13-16-19-22-25-28-30-31-33-36-39-42-45-48-51-54-57-63(72)80-67-65(74)64(73)66(68(75)76)81-69(67)78-59-60(79-62(71)56-53-50-47-44-41-38-34-27-24-21-18-15-12-9-6-3)58-77-61(70)55-52-49-46-43-40-37-35-32-29-26-23-20-17-14-11-8-5-2/h7-12,16-21,25-29,31,33-34,41,44,60,64-67,69,73-74H,4-6,13-15,22-24,30,32,35-40,42-43,45-59H2,1-3H3,(H,75,76)/b10-7-,11-8-,12-9-,19-16-,20-17-,21-18-,28-25-,29-26-,33-31-,34-27-,44-41-. The second-order valence-corrected chi connectivity index (χ2v) is 20.5. The molecule has 6 unspecified atom stereocenters. The van der Waals surface area contributed by atoms with Gasteiger partial charge in [0.25, 0.3) is 0 Å². The van der Waals surface area contributed by atoms with Crippen molar-refractivity contribution in [3.8, 4) is 0 Å². The number of aliphatic hydroxyl groups excluding tert-OH is 2. The van der Waals surface area contributed by atoms with Gasteiger partial charge in [-0.25, -0.2) is 4.79 Å². The van der Waals surface area contributed by atoms with E-state index in [0.717, 1.165) is 161 Å². The molecule has 3 N–H and O–H groups in total. The summed E-state index contributed by atoms with van der Waals surface area (Å²) in [5.41, 5.74) is 0. The van der Waals surface area contributed by atoms with Gasteiger partial charge in [0.15, 0.2) is 24.6 Å². The number of rotatable bonds is 51. The molecule has 0 aromatic rings. The van der Waals surface area contributed by atoms with E-state index >= 15 is 0 Å². The first-order valence-corrected chi connectivity index (χ1v) is 31.2. The van der Waals surface area contributed by atoms with Crippen LogP contribution in [-0.4, -0.2) is 89.2 Å². The third-order valence-electron chi connectivity index (χ3n) is 13.2. The Balaban J connectivity index is 2.71. The second-order valence-electron chi connectivity index (χ2n) is 20.5. The van der Waals surface area contributed by atoms with E-state index in [4.69, 9.17) is 23.7 Å². The summed E-state index contributed by atoms with van der Waals surface area (Å²) in [5.74, 6) is -3.22. The molecule has 1 rings (SSSR count). The first-order chi connectivity index (χ1) is 39.6. The third-order valence-corrected chi connectivity index (χ3v) is 13.2. The highest BCUT2D eigenvalue weighted by Crippen LogP contribution is 2.26. The molecule has 1 fully saturated rings. The molecule has 12 heteroatoms. The lowest BCUT2D eigenvalue weighted by Gasteiger charge is -2.40. The molecule has 0 aromatic carbocycles. The van der Waals surface area contributed by atoms with Gasteiger partial charge in [0.05, 0.1) is 6.61 Å². The highest BCUT2D eigenvalue weighted by atomic mass is 16.7. The maximum absolute atomic E-state index is 13.2. The Bertz CT molecular complexity index is 1920. The van der Waals surface area contributed by atoms with Gasteiger partial charge in [-0.05, 0) is 128 Å². The molecule has 1 aliphatic heterocycles. The molecule has 0 aromatic heterocycles. The van der Waals surface area contributed by atoms with Crippen molar-refractivity contribution in [1.82, 2.24) is 0 Å². The fourth-order valence-corrected chi connectivity index (χ4v) is 8.54. The average molecular weight is 1130 g/mol. The van der Waals surface area contributed by atoms with Crippen molar-refractivity contribution in [3.63, 3.8) is 0 Å². The van der Waals surface area contributed by atoms with Crippen LogP contribution in [0.4, 0.5) is 0 Å². The number of carbonyl (C=O) groups is 4. The topological polar surface area (TPSA) is 175 Å². The van der Waals surface area contributed by atoms with Crippen molar-refractivity contribution in [2.75, 3.05) is 13.2 Å². The van der Waals surface area contributed by atoms with E-state index in [-0.39, 0.29) is 25.9 Å². The van der Waals surface area contributed by atoms with Crippen LogP contribution in [0, 0.1) is 0 Å². The van der Waals surface area contributed by atoms with Crippen LogP contribution < -0.4 is 0 Å². The van der Waals surface area contributed by atoms with Gasteiger partial charge < -0.3 is 39.0 Å². The lowest BCUT2D eigenvalue weighted by Crippen LogP contribution is -2.61. The number of hydrogen-bond donors (Lipinski definition) is 3. The molecular formula is C69H108O12. The number of carbonyl (C=O) groups excluding carboxylic acids is 3. The van der Waals surface area contributed by atoms with Crippen LogP contribution in [0.2, 0.25) is 0 Å². The minimum absolute atomic E-state index is 0.0308. The summed E-state index contributed by atoms with van der Waals surface area (Å²) in [6.07, 6.45) is 65.5. The molecule has 81 heavy (non-hydrogen) atoms. The summed E-state index contributed by atoms with van der Waals surface area (Å²) < 4.78 is 28.4. The molecule has 1 saturated heterocycles. The molecule has 12 nitrogen and oxygen atoms in total. The molecule has 0 saturated carbocycles. The summed E-state index contributed by atoms with van der Waals surface area (Å²) in [4.78, 5) is 51.3. The number of aliphatic hydroxyl groups is 2. The molecular weight excluding hydrogens is 1020 g/mol. The van der Waals surface area contributed by atoms with Gasteiger partial charge in [-0.3, -0.25) is 14.4 Å². The second kappa shape index (κ2) is 55.4. The Hall–Kier alpha value is -5.14. The molecule has 456 valence electrons. The fourth-order valence-electron chi connectivity index (χ4n) is 8.54. The van der Waals surface area contributed by atoms with Gasteiger partial charge in [0, 0.05) is 19.3 Å². The minimum atomic E-state index is -1.92. The van der Waals surface area contributed by atoms with E-state index in [1.165, 1.54) is 6.42 Å². The van der Waals surface area contributed by atoms with Crippen LogP contribution in [-0.2, 0) is 42.9 Å². The molecule has 0 radical (unpaired) electrons. The number of allylic oxidation sites excluding steroid dienone is 22. The van der Waals surface area contributed by atoms with Gasteiger partial charge >= 0.3 is 23.9 Å². The zero-order valence-corrected chi connectivity index (χ0v) is 50.2. The number of carboxylic acid groups (broad SMARTS) is 1. The SMILES string of the molecule is CC/C=C\C/C=C\C/C=C\C/C=C\CCCCCCCCC(=O)OC1C(OCC(COC(=O)CCCCCCCCC/C=C\C/C=C\C/C=C\CC)OC(=O)CCCC/C=C\C/C=C\C/C=C\C/C=C\CC)OC(C(=O)O)C(O)C1O. The first kappa shape index (κ1) is 73.9.